The fourth-order valence-electron chi connectivity index (χ4n) is 5.11. The first-order valence-electron chi connectivity index (χ1n) is 12.4. The van der Waals surface area contributed by atoms with Crippen LogP contribution in [0.3, 0.4) is 0 Å². The Labute approximate surface area is 215 Å². The normalized spacial score (nSPS) is 20.9. The van der Waals surface area contributed by atoms with Crippen molar-refractivity contribution in [3.05, 3.63) is 88.7 Å². The number of nitrogens with one attached hydrogen (secondary N) is 1. The van der Waals surface area contributed by atoms with E-state index < -0.39 is 26.6 Å². The Morgan fingerprint density at radius 2 is 1.86 bits per heavy atom. The van der Waals surface area contributed by atoms with Crippen molar-refractivity contribution in [2.45, 2.75) is 37.1 Å². The maximum Gasteiger partial charge on any atom is 0.245 e. The van der Waals surface area contributed by atoms with E-state index in [-0.39, 0.29) is 30.8 Å². The fourth-order valence-corrected chi connectivity index (χ4v) is 6.62. The van der Waals surface area contributed by atoms with Crippen molar-refractivity contribution in [1.29, 1.82) is 0 Å². The van der Waals surface area contributed by atoms with E-state index in [1.54, 1.807) is 12.1 Å². The predicted octanol–water partition coefficient (Wildman–Crippen LogP) is 4.80. The fraction of sp³-hybridized carbons (Fsp3) is 0.321. The van der Waals surface area contributed by atoms with Crippen molar-refractivity contribution in [2.75, 3.05) is 19.6 Å². The first kappa shape index (κ1) is 25.4. The van der Waals surface area contributed by atoms with Crippen LogP contribution in [0.25, 0.3) is 5.57 Å². The zero-order valence-corrected chi connectivity index (χ0v) is 21.3. The summed E-state index contributed by atoms with van der Waals surface area (Å²) < 4.78 is 54.4. The Kier molecular flexibility index (Phi) is 7.00. The maximum atomic E-state index is 14.1. The zero-order chi connectivity index (χ0) is 26.2. The largest absolute Gasteiger partial charge is 0.507 e. The van der Waals surface area contributed by atoms with E-state index in [4.69, 9.17) is 0 Å². The van der Waals surface area contributed by atoms with Gasteiger partial charge in [0.2, 0.25) is 10.0 Å². The molecular formula is C28H29F2N3O3S. The Hall–Kier alpha value is -3.30. The SMILES string of the molecule is CC1=C2C=C(c3ccccc3O)C=C(NCC3CCN(S(=O)(=O)c4ccc(F)cc4F)CC3)CC2N=C1. The number of fused-ring (bicyclic) bond motifs is 1. The third kappa shape index (κ3) is 5.24. The van der Waals surface area contributed by atoms with Crippen molar-refractivity contribution in [1.82, 2.24) is 9.62 Å². The van der Waals surface area contributed by atoms with Gasteiger partial charge < -0.3 is 10.4 Å². The number of para-hydroxylation sites is 1. The van der Waals surface area contributed by atoms with Gasteiger partial charge in [-0.05, 0) is 72.8 Å². The topological polar surface area (TPSA) is 82.0 Å². The van der Waals surface area contributed by atoms with E-state index in [0.717, 1.165) is 40.1 Å². The van der Waals surface area contributed by atoms with Crippen molar-refractivity contribution in [3.63, 3.8) is 0 Å². The molecule has 1 fully saturated rings. The molecule has 1 atom stereocenters. The summed E-state index contributed by atoms with van der Waals surface area (Å²) in [7, 11) is -4.02. The van der Waals surface area contributed by atoms with Gasteiger partial charge in [0.25, 0.3) is 0 Å². The Balaban J connectivity index is 1.26. The summed E-state index contributed by atoms with van der Waals surface area (Å²) in [5.41, 5.74) is 4.91. The lowest BCUT2D eigenvalue weighted by Gasteiger charge is -2.31. The minimum Gasteiger partial charge on any atom is -0.507 e. The summed E-state index contributed by atoms with van der Waals surface area (Å²) in [5, 5.41) is 14.0. The molecule has 0 saturated carbocycles. The molecule has 1 aliphatic carbocycles. The standard InChI is InChI=1S/C28H29F2N3O3S/c1-18-16-32-26-15-22(12-20(13-24(18)26)23-4-2-3-5-27(23)34)31-17-19-8-10-33(11-9-19)37(35,36)28-7-6-21(29)14-25(28)30/h2-7,12-14,16,19,26,31,34H,8-11,15,17H2,1H3. The minimum absolute atomic E-state index is 0.0136. The van der Waals surface area contributed by atoms with Gasteiger partial charge >= 0.3 is 0 Å². The quantitative estimate of drug-likeness (QED) is 0.568. The number of aromatic hydroxyl groups is 1. The average Bonchev–Trinajstić information content (AvgIpc) is 3.09. The van der Waals surface area contributed by atoms with Crippen molar-refractivity contribution < 1.29 is 22.3 Å². The predicted molar refractivity (Wildman–Crippen MR) is 140 cm³/mol. The Morgan fingerprint density at radius 1 is 1.11 bits per heavy atom. The van der Waals surface area contributed by atoms with Crippen LogP contribution in [-0.2, 0) is 10.0 Å². The molecule has 0 amide bonds. The molecule has 1 saturated heterocycles. The third-order valence-electron chi connectivity index (χ3n) is 7.23. The molecular weight excluding hydrogens is 496 g/mol. The molecule has 2 heterocycles. The molecule has 5 rings (SSSR count). The number of aliphatic imine (C=N–C) groups is 1. The second-order valence-electron chi connectivity index (χ2n) is 9.73. The molecule has 9 heteroatoms. The lowest BCUT2D eigenvalue weighted by molar-refractivity contribution is 0.270. The summed E-state index contributed by atoms with van der Waals surface area (Å²) in [5.74, 6) is -1.44. The monoisotopic (exact) mass is 525 g/mol. The summed E-state index contributed by atoms with van der Waals surface area (Å²) in [4.78, 5) is 4.17. The molecule has 194 valence electrons. The number of benzene rings is 2. The van der Waals surface area contributed by atoms with Gasteiger partial charge in [0.1, 0.15) is 22.3 Å². The number of allylic oxidation sites excluding steroid dienone is 3. The first-order chi connectivity index (χ1) is 17.7. The van der Waals surface area contributed by atoms with E-state index in [2.05, 4.69) is 22.5 Å². The lowest BCUT2D eigenvalue weighted by atomic mass is 9.97. The van der Waals surface area contributed by atoms with Crippen molar-refractivity contribution >= 4 is 21.8 Å². The molecule has 2 N–H and O–H groups in total. The summed E-state index contributed by atoms with van der Waals surface area (Å²) in [6.07, 6.45) is 7.98. The van der Waals surface area contributed by atoms with Crippen molar-refractivity contribution in [2.24, 2.45) is 10.9 Å². The molecule has 0 spiro atoms. The minimum atomic E-state index is -4.02. The molecule has 0 radical (unpaired) electrons. The van der Waals surface area contributed by atoms with Crippen LogP contribution in [0, 0.1) is 17.6 Å². The molecule has 2 aromatic rings. The number of phenols is 1. The van der Waals surface area contributed by atoms with Crippen LogP contribution < -0.4 is 5.32 Å². The number of sulfonamides is 1. The van der Waals surface area contributed by atoms with E-state index in [0.29, 0.717) is 31.9 Å². The summed E-state index contributed by atoms with van der Waals surface area (Å²) in [6, 6.07) is 9.80. The number of hydrogen-bond donors (Lipinski definition) is 2. The van der Waals surface area contributed by atoms with Crippen LogP contribution in [0.5, 0.6) is 5.75 Å². The van der Waals surface area contributed by atoms with E-state index in [1.165, 1.54) is 4.31 Å². The average molecular weight is 526 g/mol. The highest BCUT2D eigenvalue weighted by Gasteiger charge is 2.32. The van der Waals surface area contributed by atoms with Gasteiger partial charge in [0.15, 0.2) is 0 Å². The molecule has 3 aliphatic rings. The maximum absolute atomic E-state index is 14.1. The Bertz CT molecular complexity index is 1440. The molecule has 2 aromatic carbocycles. The smallest absolute Gasteiger partial charge is 0.245 e. The number of nitrogens with zero attached hydrogens (tertiary/aromatic N) is 2. The van der Waals surface area contributed by atoms with Crippen LogP contribution in [0.2, 0.25) is 0 Å². The zero-order valence-electron chi connectivity index (χ0n) is 20.5. The Morgan fingerprint density at radius 3 is 2.59 bits per heavy atom. The lowest BCUT2D eigenvalue weighted by Crippen LogP contribution is -2.41. The number of rotatable bonds is 6. The van der Waals surface area contributed by atoms with E-state index in [1.807, 2.05) is 25.3 Å². The van der Waals surface area contributed by atoms with E-state index in [9.17, 15) is 22.3 Å². The van der Waals surface area contributed by atoms with Gasteiger partial charge in [-0.2, -0.15) is 4.31 Å². The van der Waals surface area contributed by atoms with Crippen LogP contribution >= 0.6 is 0 Å². The highest BCUT2D eigenvalue weighted by molar-refractivity contribution is 7.89. The second kappa shape index (κ2) is 10.2. The van der Waals surface area contributed by atoms with Crippen LogP contribution in [0.4, 0.5) is 8.78 Å². The van der Waals surface area contributed by atoms with Gasteiger partial charge in [0.05, 0.1) is 6.04 Å². The van der Waals surface area contributed by atoms with Gasteiger partial charge in [-0.3, -0.25) is 4.99 Å². The van der Waals surface area contributed by atoms with Crippen molar-refractivity contribution in [3.8, 4) is 5.75 Å². The summed E-state index contributed by atoms with van der Waals surface area (Å²) in [6.45, 7) is 3.24. The molecule has 0 aromatic heterocycles. The van der Waals surface area contributed by atoms with E-state index >= 15 is 0 Å². The van der Waals surface area contributed by atoms with Crippen LogP contribution in [-0.4, -0.2) is 49.7 Å². The highest BCUT2D eigenvalue weighted by Crippen LogP contribution is 2.35. The third-order valence-corrected chi connectivity index (χ3v) is 9.17. The number of hydrogen-bond acceptors (Lipinski definition) is 5. The molecule has 2 aliphatic heterocycles. The van der Waals surface area contributed by atoms with Gasteiger partial charge in [-0.25, -0.2) is 17.2 Å². The first-order valence-corrected chi connectivity index (χ1v) is 13.8. The van der Waals surface area contributed by atoms with Gasteiger partial charge in [-0.15, -0.1) is 0 Å². The van der Waals surface area contributed by atoms with Crippen LogP contribution in [0.1, 0.15) is 31.7 Å². The summed E-state index contributed by atoms with van der Waals surface area (Å²) >= 11 is 0. The number of halogens is 2. The molecule has 6 nitrogen and oxygen atoms in total. The molecule has 0 bridgehead atoms. The number of phenolic OH excluding ortho intramolecular Hbond substituents is 1. The molecule has 37 heavy (non-hydrogen) atoms. The van der Waals surface area contributed by atoms with Gasteiger partial charge in [0, 0.05) is 49.6 Å². The second-order valence-corrected chi connectivity index (χ2v) is 11.6. The van der Waals surface area contributed by atoms with Crippen LogP contribution in [0.15, 0.2) is 81.3 Å². The molecule has 1 unspecified atom stereocenters. The van der Waals surface area contributed by atoms with Gasteiger partial charge in [-0.1, -0.05) is 18.2 Å². The highest BCUT2D eigenvalue weighted by atomic mass is 32.2. The number of piperidine rings is 1.